The van der Waals surface area contributed by atoms with Gasteiger partial charge in [-0.25, -0.2) is 0 Å². The predicted octanol–water partition coefficient (Wildman–Crippen LogP) is 8.16. The van der Waals surface area contributed by atoms with Crippen LogP contribution in [0.2, 0.25) is 0 Å². The van der Waals surface area contributed by atoms with Crippen molar-refractivity contribution in [2.45, 2.75) is 149 Å². The maximum absolute atomic E-state index is 7.35. The molecule has 2 atom stereocenters. The quantitative estimate of drug-likeness (QED) is 0.306. The van der Waals surface area contributed by atoms with E-state index in [9.17, 15) is 0 Å². The minimum atomic E-state index is -1.02. The van der Waals surface area contributed by atoms with Gasteiger partial charge in [-0.2, -0.15) is 0 Å². The van der Waals surface area contributed by atoms with E-state index in [1.54, 1.807) is 0 Å². The molecule has 2 aromatic carbocycles. The summed E-state index contributed by atoms with van der Waals surface area (Å²) in [6.45, 7) is 27.6. The van der Waals surface area contributed by atoms with Crippen molar-refractivity contribution in [3.63, 3.8) is 0 Å². The van der Waals surface area contributed by atoms with E-state index in [0.29, 0.717) is 12.1 Å². The van der Waals surface area contributed by atoms with Gasteiger partial charge in [0.25, 0.3) is 0 Å². The van der Waals surface area contributed by atoms with E-state index in [1.165, 1.54) is 46.2 Å². The fraction of sp³-hybridized carbons (Fsp3) is 0.622. The van der Waals surface area contributed by atoms with Crippen molar-refractivity contribution in [2.75, 3.05) is 0 Å². The number of benzene rings is 2. The summed E-state index contributed by atoms with van der Waals surface area (Å²) < 4.78 is 19.6. The van der Waals surface area contributed by atoms with E-state index in [2.05, 4.69) is 129 Å². The van der Waals surface area contributed by atoms with Crippen LogP contribution in [0.15, 0.2) is 24.3 Å². The summed E-state index contributed by atoms with van der Waals surface area (Å²) in [5, 5.41) is 0. The second-order valence-corrected chi connectivity index (χ2v) is 17.1. The van der Waals surface area contributed by atoms with Crippen molar-refractivity contribution < 1.29 is 18.6 Å². The van der Waals surface area contributed by atoms with Gasteiger partial charge in [0.05, 0.1) is 11.1 Å². The molecule has 41 heavy (non-hydrogen) atoms. The molecule has 0 N–H and O–H groups in total. The molecule has 0 bridgehead atoms. The topological polar surface area (TPSA) is 24.5 Å². The Labute approximate surface area is 248 Å². The minimum Gasteiger partial charge on any atom is -0.340 e. The lowest BCUT2D eigenvalue weighted by Crippen LogP contribution is -2.60. The molecule has 3 heterocycles. The summed E-state index contributed by atoms with van der Waals surface area (Å²) in [5.74, 6) is 1.93. The Bertz CT molecular complexity index is 1370. The highest BCUT2D eigenvalue weighted by molar-refractivity contribution is 5.85. The molecule has 2 fully saturated rings. The van der Waals surface area contributed by atoms with Gasteiger partial charge in [-0.1, -0.05) is 104 Å². The molecule has 2 aromatic rings. The Kier molecular flexibility index (Phi) is 6.05. The van der Waals surface area contributed by atoms with E-state index in [-0.39, 0.29) is 21.7 Å². The third-order valence-corrected chi connectivity index (χ3v) is 9.67. The Morgan fingerprint density at radius 1 is 0.561 bits per heavy atom. The molecule has 1 saturated carbocycles. The molecule has 0 unspecified atom stereocenters. The van der Waals surface area contributed by atoms with Crippen LogP contribution < -0.4 is 9.47 Å². The molecule has 0 amide bonds. The summed E-state index contributed by atoms with van der Waals surface area (Å²) >= 11 is 0. The Hall–Kier alpha value is -2.62. The Morgan fingerprint density at radius 2 is 0.927 bits per heavy atom. The van der Waals surface area contributed by atoms with Crippen LogP contribution in [0.3, 0.4) is 0 Å². The molecule has 1 saturated heterocycles. The molecule has 1 spiro atoms. The summed E-state index contributed by atoms with van der Waals surface area (Å²) in [6, 6.07) is 9.14. The zero-order valence-electron chi connectivity index (χ0n) is 27.7. The average molecular weight is 557 g/mol. The monoisotopic (exact) mass is 556 g/mol. The molecule has 4 heteroatoms. The number of nitrogens with zero attached hydrogens (tertiary/aromatic N) is 2. The van der Waals surface area contributed by atoms with Gasteiger partial charge < -0.3 is 9.47 Å². The van der Waals surface area contributed by atoms with Gasteiger partial charge in [0.1, 0.15) is 0 Å². The second-order valence-electron chi connectivity index (χ2n) is 17.1. The van der Waals surface area contributed by atoms with Gasteiger partial charge in [0, 0.05) is 24.0 Å². The highest BCUT2D eigenvalue weighted by atomic mass is 16.7. The maximum Gasteiger partial charge on any atom is 0.704 e. The molecule has 3 aliphatic heterocycles. The first-order valence-electron chi connectivity index (χ1n) is 15.8. The van der Waals surface area contributed by atoms with Gasteiger partial charge in [0.2, 0.25) is 12.1 Å². The van der Waals surface area contributed by atoms with Gasteiger partial charge in [-0.05, 0) is 57.8 Å². The summed E-state index contributed by atoms with van der Waals surface area (Å²) in [6.07, 6.45) is 9.54. The number of fused-ring (bicyclic) bond motifs is 5. The van der Waals surface area contributed by atoms with E-state index in [0.717, 1.165) is 24.3 Å². The van der Waals surface area contributed by atoms with Gasteiger partial charge in [0.15, 0.2) is 23.9 Å². The average Bonchev–Trinajstić information content (AvgIpc) is 3.11. The molecule has 1 aliphatic carbocycles. The Morgan fingerprint density at radius 3 is 1.24 bits per heavy atom. The first-order chi connectivity index (χ1) is 18.8. The number of ether oxygens (including phenoxy) is 2. The standard InChI is InChI=1S/C37H52N2O2/c1-33(2,3)25-17-23-21-38-29-15-13-14-16-30(29)39-22-24-18-26(34(4,5)6)20-28(36(10,11)12)32(24)41-37(38,39)40-31(23)27(19-25)35(7,8)9/h17-22,29-30H,13-16H2,1-12H3/q+2/t29-,30-,37?/m1/s1. The Balaban J connectivity index is 1.63. The summed E-state index contributed by atoms with van der Waals surface area (Å²) in [7, 11) is 0. The molecule has 0 radical (unpaired) electrons. The van der Waals surface area contributed by atoms with E-state index in [1.807, 2.05) is 0 Å². The summed E-state index contributed by atoms with van der Waals surface area (Å²) in [4.78, 5) is 0. The third-order valence-electron chi connectivity index (χ3n) is 9.67. The SMILES string of the molecule is CC(C)(C)c1cc2c(c(C(C)(C)C)c1)OC13Oc4c(cc(C(C)(C)C)cc4C(C)(C)C)C=[N+]1[C@@H]1CCCC[C@H]1[N+]3=C2. The minimum absolute atomic E-state index is 0.0445. The third kappa shape index (κ3) is 4.46. The fourth-order valence-electron chi connectivity index (χ4n) is 7.15. The van der Waals surface area contributed by atoms with E-state index < -0.39 is 6.03 Å². The lowest BCUT2D eigenvalue weighted by Gasteiger charge is -2.35. The van der Waals surface area contributed by atoms with Gasteiger partial charge in [-0.3, -0.25) is 0 Å². The van der Waals surface area contributed by atoms with Gasteiger partial charge in [-0.15, -0.1) is 0 Å². The highest BCUT2D eigenvalue weighted by Crippen LogP contribution is 2.50. The van der Waals surface area contributed by atoms with Crippen molar-refractivity contribution >= 4 is 12.4 Å². The molecule has 0 aromatic heterocycles. The number of rotatable bonds is 0. The molecule has 220 valence electrons. The van der Waals surface area contributed by atoms with Crippen molar-refractivity contribution in [2.24, 2.45) is 0 Å². The van der Waals surface area contributed by atoms with Crippen LogP contribution in [0.1, 0.15) is 142 Å². The van der Waals surface area contributed by atoms with Crippen LogP contribution in [0.4, 0.5) is 0 Å². The van der Waals surface area contributed by atoms with Crippen LogP contribution in [-0.2, 0) is 21.7 Å². The van der Waals surface area contributed by atoms with E-state index in [4.69, 9.17) is 9.47 Å². The van der Waals surface area contributed by atoms with Crippen LogP contribution in [0.25, 0.3) is 0 Å². The van der Waals surface area contributed by atoms with Crippen LogP contribution in [0, 0.1) is 0 Å². The normalized spacial score (nSPS) is 23.1. The van der Waals surface area contributed by atoms with Crippen LogP contribution in [-0.4, -0.2) is 39.7 Å². The zero-order valence-corrected chi connectivity index (χ0v) is 27.7. The summed E-state index contributed by atoms with van der Waals surface area (Å²) in [5.41, 5.74) is 7.46. The molecule has 4 nitrogen and oxygen atoms in total. The van der Waals surface area contributed by atoms with Crippen LogP contribution in [0.5, 0.6) is 11.5 Å². The fourth-order valence-corrected chi connectivity index (χ4v) is 7.15. The van der Waals surface area contributed by atoms with Gasteiger partial charge >= 0.3 is 6.03 Å². The molecule has 6 rings (SSSR count). The molecule has 4 aliphatic rings. The number of hydrogen-bond donors (Lipinski definition) is 0. The smallest absolute Gasteiger partial charge is 0.340 e. The maximum atomic E-state index is 7.35. The first kappa shape index (κ1) is 28.5. The largest absolute Gasteiger partial charge is 0.704 e. The second kappa shape index (κ2) is 8.71. The lowest BCUT2D eigenvalue weighted by atomic mass is 9.78. The van der Waals surface area contributed by atoms with Crippen molar-refractivity contribution in [3.05, 3.63) is 57.6 Å². The molecular weight excluding hydrogens is 504 g/mol. The highest BCUT2D eigenvalue weighted by Gasteiger charge is 2.76. The van der Waals surface area contributed by atoms with Crippen molar-refractivity contribution in [1.82, 2.24) is 0 Å². The molecular formula is C37H52N2O2+2. The van der Waals surface area contributed by atoms with Crippen molar-refractivity contribution in [3.8, 4) is 11.5 Å². The predicted molar refractivity (Wildman–Crippen MR) is 169 cm³/mol. The first-order valence-corrected chi connectivity index (χ1v) is 15.8. The lowest BCUT2D eigenvalue weighted by molar-refractivity contribution is -0.866. The zero-order chi connectivity index (χ0) is 29.9. The van der Waals surface area contributed by atoms with Crippen molar-refractivity contribution in [1.29, 1.82) is 0 Å². The number of hydrogen-bond acceptors (Lipinski definition) is 2. The van der Waals surface area contributed by atoms with Crippen LogP contribution >= 0.6 is 0 Å². The van der Waals surface area contributed by atoms with E-state index >= 15 is 0 Å².